The van der Waals surface area contributed by atoms with Gasteiger partial charge in [-0.25, -0.2) is 9.97 Å². The second kappa shape index (κ2) is 6.83. The van der Waals surface area contributed by atoms with Gasteiger partial charge in [-0.3, -0.25) is 9.88 Å². The smallest absolute Gasteiger partial charge is 0.225 e. The lowest BCUT2D eigenvalue weighted by Crippen LogP contribution is -2.46. The Kier molecular flexibility index (Phi) is 4.63. The summed E-state index contributed by atoms with van der Waals surface area (Å²) in [6.45, 7) is 5.25. The first kappa shape index (κ1) is 14.9. The van der Waals surface area contributed by atoms with Crippen LogP contribution in [0.5, 0.6) is 0 Å². The molecule has 22 heavy (non-hydrogen) atoms. The normalized spacial score (nSPS) is 19.1. The largest absolute Gasteiger partial charge is 0.340 e. The number of pyridine rings is 1. The van der Waals surface area contributed by atoms with Crippen LogP contribution in [0.1, 0.15) is 24.1 Å². The quantitative estimate of drug-likeness (QED) is 0.866. The first-order valence-electron chi connectivity index (χ1n) is 7.87. The lowest BCUT2D eigenvalue weighted by atomic mass is 10.0. The number of likely N-dealkylation sites (tertiary alicyclic amines) is 1. The van der Waals surface area contributed by atoms with Crippen LogP contribution in [0.15, 0.2) is 36.8 Å². The van der Waals surface area contributed by atoms with Gasteiger partial charge in [0.1, 0.15) is 0 Å². The van der Waals surface area contributed by atoms with Crippen molar-refractivity contribution in [3.8, 4) is 0 Å². The van der Waals surface area contributed by atoms with Crippen LogP contribution >= 0.6 is 0 Å². The van der Waals surface area contributed by atoms with E-state index >= 15 is 0 Å². The zero-order valence-electron chi connectivity index (χ0n) is 13.3. The maximum absolute atomic E-state index is 4.39. The van der Waals surface area contributed by atoms with Crippen molar-refractivity contribution in [1.82, 2.24) is 19.9 Å². The van der Waals surface area contributed by atoms with E-state index in [1.54, 1.807) is 12.4 Å². The second-order valence-corrected chi connectivity index (χ2v) is 5.94. The highest BCUT2D eigenvalue weighted by Gasteiger charge is 2.24. The van der Waals surface area contributed by atoms with E-state index in [4.69, 9.17) is 0 Å². The molecule has 3 rings (SSSR count). The molecule has 0 bridgehead atoms. The summed E-state index contributed by atoms with van der Waals surface area (Å²) in [5.41, 5.74) is 2.45. The van der Waals surface area contributed by atoms with Gasteiger partial charge in [-0.1, -0.05) is 6.07 Å². The minimum Gasteiger partial charge on any atom is -0.340 e. The zero-order chi connectivity index (χ0) is 15.4. The topological polar surface area (TPSA) is 45.2 Å². The van der Waals surface area contributed by atoms with Crippen LogP contribution in [-0.2, 0) is 6.54 Å². The molecule has 5 nitrogen and oxygen atoms in total. The molecule has 0 N–H and O–H groups in total. The minimum atomic E-state index is 0.466. The summed E-state index contributed by atoms with van der Waals surface area (Å²) in [4.78, 5) is 17.8. The van der Waals surface area contributed by atoms with E-state index in [0.29, 0.717) is 6.04 Å². The Morgan fingerprint density at radius 3 is 2.73 bits per heavy atom. The first-order valence-corrected chi connectivity index (χ1v) is 7.87. The lowest BCUT2D eigenvalue weighted by Gasteiger charge is -2.37. The van der Waals surface area contributed by atoms with E-state index in [9.17, 15) is 0 Å². The van der Waals surface area contributed by atoms with Gasteiger partial charge in [0.25, 0.3) is 0 Å². The van der Waals surface area contributed by atoms with Crippen LogP contribution in [0.25, 0.3) is 0 Å². The predicted molar refractivity (Wildman–Crippen MR) is 87.7 cm³/mol. The van der Waals surface area contributed by atoms with Gasteiger partial charge in [-0.15, -0.1) is 0 Å². The lowest BCUT2D eigenvalue weighted by molar-refractivity contribution is 0.197. The number of nitrogens with zero attached hydrogens (tertiary/aromatic N) is 5. The van der Waals surface area contributed by atoms with E-state index in [1.165, 1.54) is 18.4 Å². The third-order valence-electron chi connectivity index (χ3n) is 4.41. The molecule has 0 amide bonds. The van der Waals surface area contributed by atoms with E-state index in [2.05, 4.69) is 44.8 Å². The molecule has 5 heteroatoms. The average Bonchev–Trinajstić information content (AvgIpc) is 2.57. The van der Waals surface area contributed by atoms with Crippen LogP contribution < -0.4 is 4.90 Å². The first-order chi connectivity index (χ1) is 10.7. The second-order valence-electron chi connectivity index (χ2n) is 5.94. The number of likely N-dealkylation sites (N-methyl/N-ethyl adjacent to an activating group) is 1. The SMILES string of the molecule is Cc1ncccc1CN1CCCC(N(C)c2ncccn2)C1. The maximum atomic E-state index is 4.39. The molecule has 1 atom stereocenters. The number of anilines is 1. The molecular formula is C17H23N5. The summed E-state index contributed by atoms with van der Waals surface area (Å²) in [6.07, 6.45) is 7.87. The third kappa shape index (κ3) is 3.42. The third-order valence-corrected chi connectivity index (χ3v) is 4.41. The van der Waals surface area contributed by atoms with Gasteiger partial charge >= 0.3 is 0 Å². The molecule has 0 saturated carbocycles. The molecule has 0 aliphatic carbocycles. The van der Waals surface area contributed by atoms with Crippen LogP contribution in [0, 0.1) is 6.92 Å². The molecule has 0 spiro atoms. The summed E-state index contributed by atoms with van der Waals surface area (Å²) < 4.78 is 0. The van der Waals surface area contributed by atoms with Gasteiger partial charge in [0.15, 0.2) is 0 Å². The highest BCUT2D eigenvalue weighted by molar-refractivity contribution is 5.29. The molecule has 1 saturated heterocycles. The Balaban J connectivity index is 1.66. The molecule has 1 unspecified atom stereocenters. The van der Waals surface area contributed by atoms with Crippen molar-refractivity contribution in [3.63, 3.8) is 0 Å². The predicted octanol–water partition coefficient (Wildman–Crippen LogP) is 2.28. The Morgan fingerprint density at radius 2 is 1.95 bits per heavy atom. The van der Waals surface area contributed by atoms with Crippen molar-refractivity contribution in [2.45, 2.75) is 32.4 Å². The van der Waals surface area contributed by atoms with Gasteiger partial charge in [0.05, 0.1) is 0 Å². The van der Waals surface area contributed by atoms with Crippen LogP contribution in [-0.4, -0.2) is 46.0 Å². The van der Waals surface area contributed by atoms with E-state index < -0.39 is 0 Å². The summed E-state index contributed by atoms with van der Waals surface area (Å²) in [5.74, 6) is 0.812. The number of rotatable bonds is 4. The molecule has 0 aromatic carbocycles. The summed E-state index contributed by atoms with van der Waals surface area (Å²) in [5, 5.41) is 0. The van der Waals surface area contributed by atoms with Crippen molar-refractivity contribution in [1.29, 1.82) is 0 Å². The van der Waals surface area contributed by atoms with Gasteiger partial charge in [-0.05, 0) is 44.0 Å². The van der Waals surface area contributed by atoms with Crippen molar-refractivity contribution in [3.05, 3.63) is 48.0 Å². The Bertz CT molecular complexity index is 601. The molecule has 1 aliphatic rings. The molecule has 116 valence electrons. The van der Waals surface area contributed by atoms with Gasteiger partial charge in [-0.2, -0.15) is 0 Å². The summed E-state index contributed by atoms with van der Waals surface area (Å²) in [6, 6.07) is 6.52. The molecule has 1 fully saturated rings. The molecule has 2 aromatic heterocycles. The highest BCUT2D eigenvalue weighted by Crippen LogP contribution is 2.20. The number of hydrogen-bond donors (Lipinski definition) is 0. The van der Waals surface area contributed by atoms with E-state index in [0.717, 1.165) is 31.3 Å². The average molecular weight is 297 g/mol. The van der Waals surface area contributed by atoms with Crippen molar-refractivity contribution >= 4 is 5.95 Å². The monoisotopic (exact) mass is 297 g/mol. The minimum absolute atomic E-state index is 0.466. The zero-order valence-corrected chi connectivity index (χ0v) is 13.3. The van der Waals surface area contributed by atoms with Gasteiger partial charge in [0, 0.05) is 50.5 Å². The molecule has 3 heterocycles. The Morgan fingerprint density at radius 1 is 1.18 bits per heavy atom. The number of aromatic nitrogens is 3. The van der Waals surface area contributed by atoms with Gasteiger partial charge < -0.3 is 4.90 Å². The van der Waals surface area contributed by atoms with Crippen LogP contribution in [0.4, 0.5) is 5.95 Å². The highest BCUT2D eigenvalue weighted by atomic mass is 15.3. The van der Waals surface area contributed by atoms with Crippen molar-refractivity contribution < 1.29 is 0 Å². The fourth-order valence-corrected chi connectivity index (χ4v) is 3.05. The molecule has 0 radical (unpaired) electrons. The van der Waals surface area contributed by atoms with Crippen molar-refractivity contribution in [2.24, 2.45) is 0 Å². The maximum Gasteiger partial charge on any atom is 0.225 e. The molecular weight excluding hydrogens is 274 g/mol. The summed E-state index contributed by atoms with van der Waals surface area (Å²) >= 11 is 0. The number of aryl methyl sites for hydroxylation is 1. The fourth-order valence-electron chi connectivity index (χ4n) is 3.05. The number of hydrogen-bond acceptors (Lipinski definition) is 5. The summed E-state index contributed by atoms with van der Waals surface area (Å²) in [7, 11) is 2.10. The van der Waals surface area contributed by atoms with Crippen LogP contribution in [0.3, 0.4) is 0 Å². The van der Waals surface area contributed by atoms with Gasteiger partial charge in [0.2, 0.25) is 5.95 Å². The van der Waals surface area contributed by atoms with Crippen molar-refractivity contribution in [2.75, 3.05) is 25.0 Å². The Hall–Kier alpha value is -2.01. The standard InChI is InChI=1S/C17H23N5/c1-14-15(6-3-8-18-14)12-22-11-4-7-16(13-22)21(2)17-19-9-5-10-20-17/h3,5-6,8-10,16H,4,7,11-13H2,1-2H3. The van der Waals surface area contributed by atoms with E-state index in [1.807, 2.05) is 18.3 Å². The van der Waals surface area contributed by atoms with E-state index in [-0.39, 0.29) is 0 Å². The van der Waals surface area contributed by atoms with Crippen LogP contribution in [0.2, 0.25) is 0 Å². The molecule has 2 aromatic rings. The Labute approximate surface area is 132 Å². The fraction of sp³-hybridized carbons (Fsp3) is 0.471. The molecule has 1 aliphatic heterocycles. The number of piperidine rings is 1.